The molecule has 0 saturated heterocycles. The van der Waals surface area contributed by atoms with E-state index in [9.17, 15) is 14.7 Å². The van der Waals surface area contributed by atoms with Gasteiger partial charge in [-0.15, -0.1) is 0 Å². The first-order valence-corrected chi connectivity index (χ1v) is 3.64. The third-order valence-electron chi connectivity index (χ3n) is 1.92. The molecule has 0 radical (unpaired) electrons. The number of esters is 1. The molecule has 0 fully saturated rings. The summed E-state index contributed by atoms with van der Waals surface area (Å²) in [5.74, 6) is -1.38. The average molecular weight is 186 g/mol. The van der Waals surface area contributed by atoms with Crippen LogP contribution in [-0.4, -0.2) is 36.7 Å². The van der Waals surface area contributed by atoms with Crippen molar-refractivity contribution in [1.29, 1.82) is 0 Å². The minimum Gasteiger partial charge on any atom is -0.501 e. The summed E-state index contributed by atoms with van der Waals surface area (Å²) in [7, 11) is 2.47. The maximum absolute atomic E-state index is 11.2. The highest BCUT2D eigenvalue weighted by Crippen LogP contribution is 2.27. The van der Waals surface area contributed by atoms with Crippen molar-refractivity contribution < 1.29 is 24.2 Å². The first-order chi connectivity index (χ1) is 6.04. The lowest BCUT2D eigenvalue weighted by molar-refractivity contribution is -0.165. The van der Waals surface area contributed by atoms with E-state index in [0.29, 0.717) is 0 Å². The fraction of sp³-hybridized carbons (Fsp3) is 0.500. The van der Waals surface area contributed by atoms with Crippen molar-refractivity contribution in [3.8, 4) is 0 Å². The smallest absolute Gasteiger partial charge is 0.346 e. The first kappa shape index (κ1) is 9.73. The Bertz CT molecular complexity index is 280. The van der Waals surface area contributed by atoms with Gasteiger partial charge in [0.1, 0.15) is 5.76 Å². The number of hydrogen-bond donors (Lipinski definition) is 1. The number of aliphatic hydroxyl groups is 1. The van der Waals surface area contributed by atoms with E-state index < -0.39 is 17.4 Å². The second kappa shape index (κ2) is 3.18. The number of methoxy groups -OCH3 is 2. The Hall–Kier alpha value is -1.36. The fourth-order valence-electron chi connectivity index (χ4n) is 1.13. The molecule has 0 aromatic rings. The largest absolute Gasteiger partial charge is 0.501 e. The van der Waals surface area contributed by atoms with Gasteiger partial charge in [-0.3, -0.25) is 4.79 Å². The zero-order valence-electron chi connectivity index (χ0n) is 7.36. The molecule has 0 aromatic carbocycles. The first-order valence-electron chi connectivity index (χ1n) is 3.64. The summed E-state index contributed by atoms with van der Waals surface area (Å²) in [5, 5.41) is 9.57. The highest BCUT2D eigenvalue weighted by molar-refractivity contribution is 6.14. The van der Waals surface area contributed by atoms with Crippen LogP contribution in [0.2, 0.25) is 0 Å². The summed E-state index contributed by atoms with van der Waals surface area (Å²) in [6, 6.07) is 0. The highest BCUT2D eigenvalue weighted by Gasteiger charge is 2.49. The Balaban J connectivity index is 2.87. The molecular weight excluding hydrogens is 176 g/mol. The Kier molecular flexibility index (Phi) is 2.38. The number of hydrogen-bond acceptors (Lipinski definition) is 5. The van der Waals surface area contributed by atoms with Crippen molar-refractivity contribution in [3.63, 3.8) is 0 Å². The van der Waals surface area contributed by atoms with Crippen LogP contribution in [0.4, 0.5) is 0 Å². The maximum Gasteiger partial charge on any atom is 0.346 e. The van der Waals surface area contributed by atoms with Crippen LogP contribution in [0.25, 0.3) is 0 Å². The van der Waals surface area contributed by atoms with E-state index in [-0.39, 0.29) is 12.2 Å². The predicted molar refractivity (Wildman–Crippen MR) is 41.7 cm³/mol. The van der Waals surface area contributed by atoms with E-state index in [1.165, 1.54) is 7.11 Å². The van der Waals surface area contributed by atoms with Crippen molar-refractivity contribution in [3.05, 3.63) is 11.8 Å². The lowest BCUT2D eigenvalue weighted by atomic mass is 10.0. The van der Waals surface area contributed by atoms with Crippen LogP contribution in [0.5, 0.6) is 0 Å². The van der Waals surface area contributed by atoms with Gasteiger partial charge in [0.15, 0.2) is 0 Å². The average Bonchev–Trinajstić information content (AvgIpc) is 2.42. The summed E-state index contributed by atoms with van der Waals surface area (Å²) in [4.78, 5) is 22.2. The minimum atomic E-state index is -2.08. The van der Waals surface area contributed by atoms with Gasteiger partial charge in [0, 0.05) is 6.08 Å². The summed E-state index contributed by atoms with van der Waals surface area (Å²) in [6.07, 6.45) is 0.936. The molecule has 0 spiro atoms. The fourth-order valence-corrected chi connectivity index (χ4v) is 1.13. The van der Waals surface area contributed by atoms with E-state index >= 15 is 0 Å². The van der Waals surface area contributed by atoms with E-state index in [1.54, 1.807) is 0 Å². The van der Waals surface area contributed by atoms with Gasteiger partial charge in [-0.2, -0.15) is 0 Å². The second-order valence-corrected chi connectivity index (χ2v) is 2.71. The molecule has 1 N–H and O–H groups in total. The van der Waals surface area contributed by atoms with E-state index in [1.807, 2.05) is 0 Å². The van der Waals surface area contributed by atoms with Gasteiger partial charge in [0.05, 0.1) is 20.6 Å². The standard InChI is InChI=1S/C8H10O5/c1-12-5-3-6(9)8(11,4-5)7(10)13-2/h3,11H,4H2,1-2H3/t8-/m1/s1. The lowest BCUT2D eigenvalue weighted by Crippen LogP contribution is -2.44. The molecule has 1 aliphatic carbocycles. The topological polar surface area (TPSA) is 72.8 Å². The van der Waals surface area contributed by atoms with Crippen molar-refractivity contribution >= 4 is 11.8 Å². The van der Waals surface area contributed by atoms with Crippen molar-refractivity contribution in [1.82, 2.24) is 0 Å². The van der Waals surface area contributed by atoms with Gasteiger partial charge in [-0.05, 0) is 0 Å². The third kappa shape index (κ3) is 1.42. The summed E-state index contributed by atoms with van der Waals surface area (Å²) < 4.78 is 9.05. The molecule has 0 aliphatic heterocycles. The number of rotatable bonds is 2. The monoisotopic (exact) mass is 186 g/mol. The third-order valence-corrected chi connectivity index (χ3v) is 1.92. The van der Waals surface area contributed by atoms with Gasteiger partial charge in [0.25, 0.3) is 0 Å². The minimum absolute atomic E-state index is 0.158. The maximum atomic E-state index is 11.2. The molecule has 1 rings (SSSR count). The van der Waals surface area contributed by atoms with Crippen molar-refractivity contribution in [2.75, 3.05) is 14.2 Å². The lowest BCUT2D eigenvalue weighted by Gasteiger charge is -2.16. The highest BCUT2D eigenvalue weighted by atomic mass is 16.5. The molecule has 1 atom stereocenters. The summed E-state index contributed by atoms with van der Waals surface area (Å²) in [6.45, 7) is 0. The summed E-state index contributed by atoms with van der Waals surface area (Å²) in [5.41, 5.74) is -2.08. The van der Waals surface area contributed by atoms with Crippen LogP contribution in [0.15, 0.2) is 11.8 Å². The molecule has 5 heteroatoms. The quantitative estimate of drug-likeness (QED) is 0.460. The zero-order chi connectivity index (χ0) is 10.1. The van der Waals surface area contributed by atoms with E-state index in [2.05, 4.69) is 4.74 Å². The molecular formula is C8H10O5. The normalized spacial score (nSPS) is 27.0. The van der Waals surface area contributed by atoms with E-state index in [0.717, 1.165) is 13.2 Å². The Morgan fingerprint density at radius 2 is 2.23 bits per heavy atom. The molecule has 0 saturated carbocycles. The number of ether oxygens (including phenoxy) is 2. The number of carbonyl (C=O) groups excluding carboxylic acids is 2. The van der Waals surface area contributed by atoms with Crippen molar-refractivity contribution in [2.24, 2.45) is 0 Å². The van der Waals surface area contributed by atoms with Crippen LogP contribution < -0.4 is 0 Å². The van der Waals surface area contributed by atoms with Gasteiger partial charge >= 0.3 is 5.97 Å². The molecule has 13 heavy (non-hydrogen) atoms. The molecule has 0 unspecified atom stereocenters. The Morgan fingerprint density at radius 3 is 2.62 bits per heavy atom. The molecule has 72 valence electrons. The predicted octanol–water partition coefficient (Wildman–Crippen LogP) is -0.606. The van der Waals surface area contributed by atoms with Crippen LogP contribution in [0, 0.1) is 0 Å². The molecule has 1 aliphatic rings. The Morgan fingerprint density at radius 1 is 1.62 bits per heavy atom. The molecule has 0 heterocycles. The van der Waals surface area contributed by atoms with Crippen LogP contribution in [0.3, 0.4) is 0 Å². The SMILES string of the molecule is COC(=O)[C@@]1(O)CC(OC)=CC1=O. The van der Waals surface area contributed by atoms with Gasteiger partial charge < -0.3 is 14.6 Å². The summed E-state index contributed by atoms with van der Waals surface area (Å²) >= 11 is 0. The number of ketones is 1. The van der Waals surface area contributed by atoms with E-state index in [4.69, 9.17) is 4.74 Å². The van der Waals surface area contributed by atoms with Gasteiger partial charge in [-0.1, -0.05) is 0 Å². The molecule has 5 nitrogen and oxygen atoms in total. The van der Waals surface area contributed by atoms with Crippen LogP contribution >= 0.6 is 0 Å². The Labute approximate surface area is 74.9 Å². The molecule has 0 aromatic heterocycles. The molecule has 0 bridgehead atoms. The van der Waals surface area contributed by atoms with Crippen LogP contribution in [0.1, 0.15) is 6.42 Å². The second-order valence-electron chi connectivity index (χ2n) is 2.71. The van der Waals surface area contributed by atoms with Gasteiger partial charge in [0.2, 0.25) is 11.4 Å². The van der Waals surface area contributed by atoms with Crippen LogP contribution in [-0.2, 0) is 19.1 Å². The van der Waals surface area contributed by atoms with Gasteiger partial charge in [-0.25, -0.2) is 4.79 Å². The number of carbonyl (C=O) groups is 2. The zero-order valence-corrected chi connectivity index (χ0v) is 7.36. The van der Waals surface area contributed by atoms with Crippen molar-refractivity contribution in [2.45, 2.75) is 12.0 Å². The molecule has 0 amide bonds.